The van der Waals surface area contributed by atoms with E-state index in [0.29, 0.717) is 23.6 Å². The van der Waals surface area contributed by atoms with Gasteiger partial charge in [0.15, 0.2) is 11.5 Å². The van der Waals surface area contributed by atoms with E-state index >= 15 is 0 Å². The summed E-state index contributed by atoms with van der Waals surface area (Å²) in [5.41, 5.74) is 1.54. The van der Waals surface area contributed by atoms with Crippen molar-refractivity contribution in [3.8, 4) is 11.5 Å². The normalized spacial score (nSPS) is 14.6. The molecule has 9 nitrogen and oxygen atoms in total. The van der Waals surface area contributed by atoms with E-state index in [0.717, 1.165) is 5.56 Å². The van der Waals surface area contributed by atoms with Crippen LogP contribution >= 0.6 is 0 Å². The van der Waals surface area contributed by atoms with E-state index in [1.807, 2.05) is 12.1 Å². The number of nitro groups is 1. The molecule has 1 heterocycles. The number of para-hydroxylation sites is 1. The van der Waals surface area contributed by atoms with Crippen LogP contribution in [0.25, 0.3) is 6.08 Å². The smallest absolute Gasteiger partial charge is 0.340 e. The van der Waals surface area contributed by atoms with E-state index in [1.54, 1.807) is 33.3 Å². The number of hydrogen-bond donors (Lipinski definition) is 0. The quantitative estimate of drug-likeness (QED) is 0.261. The summed E-state index contributed by atoms with van der Waals surface area (Å²) >= 11 is 0. The first kappa shape index (κ1) is 23.5. The Labute approximate surface area is 191 Å². The van der Waals surface area contributed by atoms with Gasteiger partial charge in [0.05, 0.1) is 43.0 Å². The molecule has 0 fully saturated rings. The van der Waals surface area contributed by atoms with Gasteiger partial charge in [-0.1, -0.05) is 18.2 Å². The minimum absolute atomic E-state index is 0.0564. The maximum Gasteiger partial charge on any atom is 0.340 e. The predicted molar refractivity (Wildman–Crippen MR) is 121 cm³/mol. The highest BCUT2D eigenvalue weighted by molar-refractivity contribution is 6.16. The summed E-state index contributed by atoms with van der Waals surface area (Å²) < 4.78 is 15.5. The van der Waals surface area contributed by atoms with Crippen molar-refractivity contribution in [2.24, 2.45) is 0 Å². The molecule has 1 aliphatic rings. The molecular formula is C24H24N2O7. The summed E-state index contributed by atoms with van der Waals surface area (Å²) in [5.74, 6) is 0.0605. The zero-order valence-electron chi connectivity index (χ0n) is 18.8. The molecule has 0 saturated heterocycles. The zero-order valence-corrected chi connectivity index (χ0v) is 18.8. The van der Waals surface area contributed by atoms with Crippen LogP contribution in [0.2, 0.25) is 0 Å². The Kier molecular flexibility index (Phi) is 7.12. The fourth-order valence-electron chi connectivity index (χ4n) is 3.71. The number of methoxy groups -OCH3 is 3. The molecular weight excluding hydrogens is 428 g/mol. The number of nitrogens with zero attached hydrogens (tertiary/aromatic N) is 2. The molecule has 9 heteroatoms. The second kappa shape index (κ2) is 9.99. The van der Waals surface area contributed by atoms with Crippen LogP contribution in [0.5, 0.6) is 11.5 Å². The predicted octanol–water partition coefficient (Wildman–Crippen LogP) is 3.53. The molecule has 0 aliphatic carbocycles. The first-order chi connectivity index (χ1) is 15.8. The Morgan fingerprint density at radius 3 is 2.42 bits per heavy atom. The Morgan fingerprint density at radius 2 is 1.79 bits per heavy atom. The number of esters is 1. The second-order valence-electron chi connectivity index (χ2n) is 7.22. The number of carbonyl (C=O) groups excluding carboxylic acids is 2. The zero-order chi connectivity index (χ0) is 24.1. The molecule has 0 aromatic heterocycles. The van der Waals surface area contributed by atoms with E-state index in [2.05, 4.69) is 0 Å². The molecule has 0 bridgehead atoms. The van der Waals surface area contributed by atoms with Gasteiger partial charge >= 0.3 is 5.97 Å². The molecule has 2 aromatic carbocycles. The molecule has 0 atom stereocenters. The van der Waals surface area contributed by atoms with Gasteiger partial charge in [-0.25, -0.2) is 4.79 Å². The maximum atomic E-state index is 13.3. The second-order valence-corrected chi connectivity index (χ2v) is 7.22. The Bertz CT molecular complexity index is 1170. The topological polar surface area (TPSA) is 108 Å². The summed E-state index contributed by atoms with van der Waals surface area (Å²) in [4.78, 5) is 38.1. The number of carbonyl (C=O) groups is 2. The minimum Gasteiger partial charge on any atom is -0.493 e. The summed E-state index contributed by atoms with van der Waals surface area (Å²) in [7, 11) is 4.32. The van der Waals surface area contributed by atoms with Gasteiger partial charge in [-0.3, -0.25) is 14.9 Å². The minimum atomic E-state index is -0.681. The van der Waals surface area contributed by atoms with Gasteiger partial charge in [-0.15, -0.1) is 0 Å². The van der Waals surface area contributed by atoms with Crippen LogP contribution in [0.1, 0.15) is 18.1 Å². The fraction of sp³-hybridized carbons (Fsp3) is 0.250. The van der Waals surface area contributed by atoms with E-state index in [9.17, 15) is 19.7 Å². The molecule has 0 unspecified atom stereocenters. The molecule has 33 heavy (non-hydrogen) atoms. The molecule has 2 aromatic rings. The number of ether oxygens (including phenoxy) is 3. The van der Waals surface area contributed by atoms with Crippen LogP contribution in [0.4, 0.5) is 5.69 Å². The average molecular weight is 452 g/mol. The Hall–Kier alpha value is -4.14. The van der Waals surface area contributed by atoms with Gasteiger partial charge in [0.25, 0.3) is 11.6 Å². The molecule has 1 aliphatic heterocycles. The number of allylic oxidation sites excluding steroid dienone is 1. The summed E-state index contributed by atoms with van der Waals surface area (Å²) in [6, 6.07) is 11.5. The van der Waals surface area contributed by atoms with Crippen LogP contribution in [0.3, 0.4) is 0 Å². The number of nitro benzene ring substituents is 1. The summed E-state index contributed by atoms with van der Waals surface area (Å²) in [6.45, 7) is 1.94. The number of rotatable bonds is 8. The van der Waals surface area contributed by atoms with E-state index in [4.69, 9.17) is 14.2 Å². The van der Waals surface area contributed by atoms with E-state index in [1.165, 1.54) is 36.3 Å². The SMILES string of the molecule is COC(=O)C1=C(C)N(CCc2ccc(OC)c(OC)c2)C(=O)/C1=C\c1ccccc1[N+](=O)[O-]. The lowest BCUT2D eigenvalue weighted by atomic mass is 10.0. The highest BCUT2D eigenvalue weighted by Crippen LogP contribution is 2.34. The first-order valence-electron chi connectivity index (χ1n) is 10.1. The summed E-state index contributed by atoms with van der Waals surface area (Å²) in [5, 5.41) is 11.4. The van der Waals surface area contributed by atoms with E-state index < -0.39 is 16.8 Å². The molecule has 0 spiro atoms. The number of amides is 1. The van der Waals surface area contributed by atoms with Crippen LogP contribution < -0.4 is 9.47 Å². The highest BCUT2D eigenvalue weighted by Gasteiger charge is 2.37. The van der Waals surface area contributed by atoms with Gasteiger partial charge in [0.2, 0.25) is 0 Å². The third-order valence-corrected chi connectivity index (χ3v) is 5.41. The van der Waals surface area contributed by atoms with Crippen molar-refractivity contribution in [1.29, 1.82) is 0 Å². The van der Waals surface area contributed by atoms with Gasteiger partial charge < -0.3 is 19.1 Å². The molecule has 0 N–H and O–H groups in total. The van der Waals surface area contributed by atoms with Crippen molar-refractivity contribution in [1.82, 2.24) is 4.90 Å². The first-order valence-corrected chi connectivity index (χ1v) is 10.1. The van der Waals surface area contributed by atoms with Crippen molar-refractivity contribution in [2.45, 2.75) is 13.3 Å². The molecule has 1 amide bonds. The lowest BCUT2D eigenvalue weighted by molar-refractivity contribution is -0.385. The van der Waals surface area contributed by atoms with Crippen LogP contribution in [-0.2, 0) is 20.7 Å². The third kappa shape index (κ3) is 4.72. The van der Waals surface area contributed by atoms with Crippen LogP contribution in [0, 0.1) is 10.1 Å². The monoisotopic (exact) mass is 452 g/mol. The van der Waals surface area contributed by atoms with Gasteiger partial charge in [0.1, 0.15) is 0 Å². The van der Waals surface area contributed by atoms with Crippen LogP contribution in [-0.4, -0.2) is 49.6 Å². The van der Waals surface area contributed by atoms with Crippen LogP contribution in [0.15, 0.2) is 59.3 Å². The van der Waals surface area contributed by atoms with Crippen molar-refractivity contribution >= 4 is 23.6 Å². The van der Waals surface area contributed by atoms with Crippen molar-refractivity contribution in [3.63, 3.8) is 0 Å². The number of hydrogen-bond acceptors (Lipinski definition) is 7. The largest absolute Gasteiger partial charge is 0.493 e. The fourth-order valence-corrected chi connectivity index (χ4v) is 3.71. The third-order valence-electron chi connectivity index (χ3n) is 5.41. The highest BCUT2D eigenvalue weighted by atomic mass is 16.6. The van der Waals surface area contributed by atoms with Gasteiger partial charge in [-0.05, 0) is 43.2 Å². The van der Waals surface area contributed by atoms with Crippen molar-refractivity contribution < 1.29 is 28.7 Å². The summed E-state index contributed by atoms with van der Waals surface area (Å²) in [6.07, 6.45) is 1.85. The van der Waals surface area contributed by atoms with Gasteiger partial charge in [-0.2, -0.15) is 0 Å². The van der Waals surface area contributed by atoms with Crippen molar-refractivity contribution in [3.05, 3.63) is 80.5 Å². The maximum absolute atomic E-state index is 13.3. The standard InChI is InChI=1S/C24H24N2O7/c1-15-22(24(28)33-4)18(14-17-7-5-6-8-19(17)26(29)30)23(27)25(15)12-11-16-9-10-20(31-2)21(13-16)32-3/h5-10,13-14H,11-12H2,1-4H3/b18-14-. The van der Waals surface area contributed by atoms with Gasteiger partial charge in [0, 0.05) is 18.3 Å². The number of benzene rings is 2. The molecule has 0 saturated carbocycles. The van der Waals surface area contributed by atoms with E-state index in [-0.39, 0.29) is 28.9 Å². The molecule has 172 valence electrons. The lowest BCUT2D eigenvalue weighted by Crippen LogP contribution is -2.27. The Balaban J connectivity index is 1.95. The van der Waals surface area contributed by atoms with Crippen molar-refractivity contribution in [2.75, 3.05) is 27.9 Å². The molecule has 3 rings (SSSR count). The lowest BCUT2D eigenvalue weighted by Gasteiger charge is -2.18. The Morgan fingerprint density at radius 1 is 1.09 bits per heavy atom. The molecule has 0 radical (unpaired) electrons. The average Bonchev–Trinajstić information content (AvgIpc) is 3.05.